The summed E-state index contributed by atoms with van der Waals surface area (Å²) < 4.78 is 5.88. The van der Waals surface area contributed by atoms with Crippen molar-refractivity contribution in [2.45, 2.75) is 69.4 Å². The van der Waals surface area contributed by atoms with Gasteiger partial charge in [0.25, 0.3) is 0 Å². The second-order valence-electron chi connectivity index (χ2n) is 6.39. The molecule has 0 aromatic rings. The molecule has 106 valence electrons. The highest BCUT2D eigenvalue weighted by Crippen LogP contribution is 2.26. The number of rotatable bonds is 5. The van der Waals surface area contributed by atoms with E-state index in [1.807, 2.05) is 0 Å². The van der Waals surface area contributed by atoms with Crippen molar-refractivity contribution in [1.29, 1.82) is 0 Å². The van der Waals surface area contributed by atoms with Crippen LogP contribution in [0.25, 0.3) is 0 Å². The smallest absolute Gasteiger partial charge is 0.0646 e. The van der Waals surface area contributed by atoms with Crippen LogP contribution in [-0.2, 0) is 4.74 Å². The molecule has 1 aliphatic heterocycles. The van der Waals surface area contributed by atoms with Crippen molar-refractivity contribution >= 4 is 0 Å². The summed E-state index contributed by atoms with van der Waals surface area (Å²) in [7, 11) is 2.25. The largest absolute Gasteiger partial charge is 0.379 e. The lowest BCUT2D eigenvalue weighted by molar-refractivity contribution is 0.0489. The molecule has 1 saturated carbocycles. The molecule has 2 aliphatic rings. The third kappa shape index (κ3) is 4.22. The molecule has 1 heterocycles. The lowest BCUT2D eigenvalue weighted by atomic mass is 9.83. The fourth-order valence-corrected chi connectivity index (χ4v) is 3.40. The first-order valence-electron chi connectivity index (χ1n) is 7.76. The van der Waals surface area contributed by atoms with E-state index in [0.29, 0.717) is 0 Å². The maximum Gasteiger partial charge on any atom is 0.0646 e. The zero-order valence-corrected chi connectivity index (χ0v) is 12.0. The summed E-state index contributed by atoms with van der Waals surface area (Å²) in [6.45, 7) is 2.91. The van der Waals surface area contributed by atoms with E-state index < -0.39 is 0 Å². The third-order valence-corrected chi connectivity index (χ3v) is 4.76. The Hall–Kier alpha value is -0.120. The van der Waals surface area contributed by atoms with Crippen LogP contribution < -0.4 is 5.73 Å². The third-order valence-electron chi connectivity index (χ3n) is 4.76. The molecule has 0 radical (unpaired) electrons. The van der Waals surface area contributed by atoms with Crippen LogP contribution in [0.1, 0.15) is 57.8 Å². The second-order valence-corrected chi connectivity index (χ2v) is 6.39. The quantitative estimate of drug-likeness (QED) is 0.766. The van der Waals surface area contributed by atoms with Gasteiger partial charge in [-0.15, -0.1) is 0 Å². The van der Waals surface area contributed by atoms with E-state index in [1.54, 1.807) is 0 Å². The van der Waals surface area contributed by atoms with E-state index in [4.69, 9.17) is 10.5 Å². The zero-order valence-electron chi connectivity index (χ0n) is 12.0. The van der Waals surface area contributed by atoms with Gasteiger partial charge in [0, 0.05) is 18.2 Å². The van der Waals surface area contributed by atoms with E-state index in [1.165, 1.54) is 51.5 Å². The van der Waals surface area contributed by atoms with Gasteiger partial charge < -0.3 is 15.4 Å². The van der Waals surface area contributed by atoms with Gasteiger partial charge in [0.1, 0.15) is 0 Å². The van der Waals surface area contributed by atoms with E-state index in [9.17, 15) is 0 Å². The average Bonchev–Trinajstić information content (AvgIpc) is 2.37. The Kier molecular flexibility index (Phi) is 5.46. The Balaban J connectivity index is 1.60. The summed E-state index contributed by atoms with van der Waals surface area (Å²) in [4.78, 5) is 2.49. The molecular weight excluding hydrogens is 224 g/mol. The minimum atomic E-state index is -0.0171. The van der Waals surface area contributed by atoms with Crippen molar-refractivity contribution in [1.82, 2.24) is 4.90 Å². The second kappa shape index (κ2) is 6.88. The number of nitrogens with two attached hydrogens (primary N) is 1. The molecule has 0 aromatic heterocycles. The van der Waals surface area contributed by atoms with Crippen molar-refractivity contribution in [2.75, 3.05) is 26.8 Å². The highest BCUT2D eigenvalue weighted by atomic mass is 16.5. The number of hydrogen-bond donors (Lipinski definition) is 1. The van der Waals surface area contributed by atoms with Crippen LogP contribution in [0.2, 0.25) is 0 Å². The molecule has 0 amide bonds. The van der Waals surface area contributed by atoms with Crippen molar-refractivity contribution in [2.24, 2.45) is 5.73 Å². The van der Waals surface area contributed by atoms with Gasteiger partial charge >= 0.3 is 0 Å². The van der Waals surface area contributed by atoms with Gasteiger partial charge in [0.2, 0.25) is 0 Å². The van der Waals surface area contributed by atoms with Gasteiger partial charge in [0.05, 0.1) is 6.61 Å². The van der Waals surface area contributed by atoms with Crippen LogP contribution in [0.3, 0.4) is 0 Å². The fraction of sp³-hybridized carbons (Fsp3) is 1.00. The van der Waals surface area contributed by atoms with E-state index in [2.05, 4.69) is 11.9 Å². The molecule has 1 atom stereocenters. The predicted molar refractivity (Wildman–Crippen MR) is 75.7 cm³/mol. The van der Waals surface area contributed by atoms with Gasteiger partial charge in [-0.2, -0.15) is 0 Å². The minimum absolute atomic E-state index is 0.0171. The molecule has 3 nitrogen and oxygen atoms in total. The maximum absolute atomic E-state index is 6.37. The molecule has 2 rings (SSSR count). The molecule has 1 aliphatic carbocycles. The van der Waals surface area contributed by atoms with E-state index in [-0.39, 0.29) is 5.54 Å². The van der Waals surface area contributed by atoms with Crippen LogP contribution in [0.5, 0.6) is 0 Å². The lowest BCUT2D eigenvalue weighted by Crippen LogP contribution is -2.46. The number of likely N-dealkylation sites (tertiary alicyclic amines) is 1. The molecule has 1 unspecified atom stereocenters. The Bertz CT molecular complexity index is 239. The van der Waals surface area contributed by atoms with Crippen LogP contribution in [0.15, 0.2) is 0 Å². The van der Waals surface area contributed by atoms with Gasteiger partial charge in [-0.05, 0) is 45.7 Å². The number of piperidine rings is 1. The number of nitrogens with zero attached hydrogens (tertiary/aromatic N) is 1. The molecular formula is C15H30N2O. The van der Waals surface area contributed by atoms with Gasteiger partial charge in [0.15, 0.2) is 0 Å². The van der Waals surface area contributed by atoms with Crippen LogP contribution in [0.4, 0.5) is 0 Å². The molecule has 0 bridgehead atoms. The molecule has 0 spiro atoms. The summed E-state index contributed by atoms with van der Waals surface area (Å²) in [5.41, 5.74) is 6.35. The maximum atomic E-state index is 6.37. The summed E-state index contributed by atoms with van der Waals surface area (Å²) >= 11 is 0. The minimum Gasteiger partial charge on any atom is -0.379 e. The fourth-order valence-electron chi connectivity index (χ4n) is 3.40. The topological polar surface area (TPSA) is 38.5 Å². The highest BCUT2D eigenvalue weighted by Gasteiger charge is 2.27. The molecule has 2 N–H and O–H groups in total. The summed E-state index contributed by atoms with van der Waals surface area (Å²) in [6, 6.07) is 0.735. The summed E-state index contributed by atoms with van der Waals surface area (Å²) in [5, 5.41) is 0. The standard InChI is InChI=1S/C15H30N2O/c1-17-11-6-3-7-14(17)8-12-18-13-15(16)9-4-2-5-10-15/h14H,2-13,16H2,1H3. The first-order valence-corrected chi connectivity index (χ1v) is 7.76. The molecule has 0 aromatic carbocycles. The van der Waals surface area contributed by atoms with E-state index >= 15 is 0 Å². The number of ether oxygens (including phenoxy) is 1. The van der Waals surface area contributed by atoms with Crippen LogP contribution in [-0.4, -0.2) is 43.3 Å². The van der Waals surface area contributed by atoms with Crippen molar-refractivity contribution in [3.8, 4) is 0 Å². The van der Waals surface area contributed by atoms with Crippen molar-refractivity contribution in [3.63, 3.8) is 0 Å². The molecule has 1 saturated heterocycles. The predicted octanol–water partition coefficient (Wildman–Crippen LogP) is 2.54. The normalized spacial score (nSPS) is 29.3. The summed E-state index contributed by atoms with van der Waals surface area (Å²) in [6.07, 6.45) is 11.5. The zero-order chi connectivity index (χ0) is 12.8. The van der Waals surface area contributed by atoms with Crippen molar-refractivity contribution in [3.05, 3.63) is 0 Å². The van der Waals surface area contributed by atoms with E-state index in [0.717, 1.165) is 32.1 Å². The Morgan fingerprint density at radius 1 is 1.17 bits per heavy atom. The van der Waals surface area contributed by atoms with Gasteiger partial charge in [-0.25, -0.2) is 0 Å². The molecule has 18 heavy (non-hydrogen) atoms. The highest BCUT2D eigenvalue weighted by molar-refractivity contribution is 4.87. The Morgan fingerprint density at radius 2 is 1.94 bits per heavy atom. The molecule has 2 fully saturated rings. The van der Waals surface area contributed by atoms with Gasteiger partial charge in [-0.1, -0.05) is 25.7 Å². The Morgan fingerprint density at radius 3 is 2.67 bits per heavy atom. The first-order chi connectivity index (χ1) is 8.70. The van der Waals surface area contributed by atoms with Crippen LogP contribution >= 0.6 is 0 Å². The summed E-state index contributed by atoms with van der Waals surface area (Å²) in [5.74, 6) is 0. The first kappa shape index (κ1) is 14.3. The molecule has 3 heteroatoms. The monoisotopic (exact) mass is 254 g/mol. The van der Waals surface area contributed by atoms with Gasteiger partial charge in [-0.3, -0.25) is 0 Å². The van der Waals surface area contributed by atoms with Crippen LogP contribution in [0, 0.1) is 0 Å². The Labute approximate surface area is 112 Å². The lowest BCUT2D eigenvalue weighted by Gasteiger charge is -2.34. The van der Waals surface area contributed by atoms with Crippen molar-refractivity contribution < 1.29 is 4.74 Å². The number of hydrogen-bond acceptors (Lipinski definition) is 3. The SMILES string of the molecule is CN1CCCCC1CCOCC1(N)CCCCC1. The average molecular weight is 254 g/mol.